The molecular weight excluding hydrogens is 292 g/mol. The lowest BCUT2D eigenvalue weighted by Crippen LogP contribution is -2.07. The minimum Gasteiger partial charge on any atom is -0.497 e. The van der Waals surface area contributed by atoms with Gasteiger partial charge in [-0.25, -0.2) is 0 Å². The van der Waals surface area contributed by atoms with E-state index < -0.39 is 0 Å². The number of methoxy groups -OCH3 is 1. The Kier molecular flexibility index (Phi) is 4.32. The van der Waals surface area contributed by atoms with Gasteiger partial charge in [0.25, 0.3) is 0 Å². The molecule has 0 fully saturated rings. The van der Waals surface area contributed by atoms with E-state index in [1.807, 2.05) is 30.3 Å². The quantitative estimate of drug-likeness (QED) is 0.725. The van der Waals surface area contributed by atoms with E-state index in [0.717, 1.165) is 22.3 Å². The van der Waals surface area contributed by atoms with Crippen molar-refractivity contribution in [2.45, 2.75) is 13.8 Å². The second kappa shape index (κ2) is 6.56. The van der Waals surface area contributed by atoms with Crippen LogP contribution in [-0.2, 0) is 0 Å². The molecule has 0 saturated carbocycles. The van der Waals surface area contributed by atoms with Crippen LogP contribution in [0.25, 0.3) is 10.8 Å². The van der Waals surface area contributed by atoms with E-state index in [2.05, 4.69) is 34.3 Å². The molecule has 0 bridgehead atoms. The fourth-order valence-electron chi connectivity index (χ4n) is 2.21. The van der Waals surface area contributed by atoms with Crippen LogP contribution in [0.4, 0.5) is 11.6 Å². The van der Waals surface area contributed by atoms with Crippen molar-refractivity contribution in [2.24, 2.45) is 5.92 Å². The minimum absolute atomic E-state index is 0.425. The number of pyridine rings is 1. The van der Waals surface area contributed by atoms with Crippen LogP contribution in [0.2, 0.25) is 0 Å². The van der Waals surface area contributed by atoms with Gasteiger partial charge in [-0.2, -0.15) is 10.1 Å². The number of hydrogen-bond donors (Lipinski definition) is 2. The first-order valence-corrected chi connectivity index (χ1v) is 7.53. The number of nitrogens with zero attached hydrogens (tertiary/aromatic N) is 2. The number of rotatable bonds is 6. The highest BCUT2D eigenvalue weighted by Gasteiger charge is 2.10. The summed E-state index contributed by atoms with van der Waals surface area (Å²) in [5.74, 6) is 3.30. The van der Waals surface area contributed by atoms with Gasteiger partial charge in [-0.3, -0.25) is 5.10 Å². The molecule has 0 amide bonds. The van der Waals surface area contributed by atoms with Crippen LogP contribution in [0.5, 0.6) is 11.6 Å². The van der Waals surface area contributed by atoms with Crippen molar-refractivity contribution in [3.05, 3.63) is 36.5 Å². The van der Waals surface area contributed by atoms with Gasteiger partial charge in [-0.1, -0.05) is 13.8 Å². The van der Waals surface area contributed by atoms with Crippen molar-refractivity contribution in [2.75, 3.05) is 19.0 Å². The zero-order valence-corrected chi connectivity index (χ0v) is 13.5. The SMILES string of the molecule is COc1ccc2c(OCC(C)C)nc(Nc3ccn[nH]3)cc2c1. The summed E-state index contributed by atoms with van der Waals surface area (Å²) in [5, 5.41) is 11.9. The Morgan fingerprint density at radius 3 is 2.78 bits per heavy atom. The molecule has 2 heterocycles. The number of aromatic amines is 1. The van der Waals surface area contributed by atoms with Gasteiger partial charge in [-0.05, 0) is 35.6 Å². The average molecular weight is 312 g/mol. The Hall–Kier alpha value is -2.76. The van der Waals surface area contributed by atoms with Crippen LogP contribution >= 0.6 is 0 Å². The van der Waals surface area contributed by atoms with Crippen LogP contribution in [0, 0.1) is 5.92 Å². The van der Waals surface area contributed by atoms with Gasteiger partial charge >= 0.3 is 0 Å². The first-order chi connectivity index (χ1) is 11.2. The summed E-state index contributed by atoms with van der Waals surface area (Å²) >= 11 is 0. The first kappa shape index (κ1) is 15.1. The van der Waals surface area contributed by atoms with E-state index in [9.17, 15) is 0 Å². The van der Waals surface area contributed by atoms with E-state index in [-0.39, 0.29) is 0 Å². The van der Waals surface area contributed by atoms with Crippen molar-refractivity contribution in [3.8, 4) is 11.6 Å². The molecule has 3 aromatic rings. The fraction of sp³-hybridized carbons (Fsp3) is 0.294. The van der Waals surface area contributed by atoms with Gasteiger partial charge < -0.3 is 14.8 Å². The predicted octanol–water partition coefficient (Wildman–Crippen LogP) is 3.74. The summed E-state index contributed by atoms with van der Waals surface area (Å²) in [6.45, 7) is 4.83. The molecule has 1 aromatic carbocycles. The predicted molar refractivity (Wildman–Crippen MR) is 90.5 cm³/mol. The summed E-state index contributed by atoms with van der Waals surface area (Å²) in [4.78, 5) is 4.58. The van der Waals surface area contributed by atoms with E-state index in [1.54, 1.807) is 13.3 Å². The molecule has 0 atom stereocenters. The molecule has 0 saturated heterocycles. The number of H-pyrrole nitrogens is 1. The third-order valence-corrected chi connectivity index (χ3v) is 3.32. The van der Waals surface area contributed by atoms with Crippen LogP contribution in [0.15, 0.2) is 36.5 Å². The normalized spacial score (nSPS) is 11.0. The lowest BCUT2D eigenvalue weighted by molar-refractivity contribution is 0.265. The smallest absolute Gasteiger partial charge is 0.223 e. The van der Waals surface area contributed by atoms with Crippen LogP contribution in [-0.4, -0.2) is 28.9 Å². The molecular formula is C17H20N4O2. The lowest BCUT2D eigenvalue weighted by atomic mass is 10.1. The average Bonchev–Trinajstić information content (AvgIpc) is 3.04. The van der Waals surface area contributed by atoms with E-state index >= 15 is 0 Å². The Balaban J connectivity index is 2.02. The molecule has 23 heavy (non-hydrogen) atoms. The third-order valence-electron chi connectivity index (χ3n) is 3.32. The number of benzene rings is 1. The molecule has 6 nitrogen and oxygen atoms in total. The Bertz CT molecular complexity index is 785. The highest BCUT2D eigenvalue weighted by atomic mass is 16.5. The van der Waals surface area contributed by atoms with E-state index in [1.165, 1.54) is 0 Å². The molecule has 120 valence electrons. The standard InChI is InChI=1S/C17H20N4O2/c1-11(2)10-23-17-14-5-4-13(22-3)8-12(14)9-16(20-17)19-15-6-7-18-21-15/h4-9,11H,10H2,1-3H3,(H2,18,19,20,21). The Morgan fingerprint density at radius 2 is 2.09 bits per heavy atom. The second-order valence-electron chi connectivity index (χ2n) is 5.70. The molecule has 0 unspecified atom stereocenters. The Labute approximate surface area is 134 Å². The summed E-state index contributed by atoms with van der Waals surface area (Å²) in [5.41, 5.74) is 0. The summed E-state index contributed by atoms with van der Waals surface area (Å²) < 4.78 is 11.2. The number of hydrogen-bond acceptors (Lipinski definition) is 5. The molecule has 0 aliphatic rings. The second-order valence-corrected chi connectivity index (χ2v) is 5.70. The van der Waals surface area contributed by atoms with Crippen molar-refractivity contribution in [1.82, 2.24) is 15.2 Å². The van der Waals surface area contributed by atoms with Crippen LogP contribution in [0.1, 0.15) is 13.8 Å². The summed E-state index contributed by atoms with van der Waals surface area (Å²) in [6.07, 6.45) is 1.68. The number of nitrogens with one attached hydrogen (secondary N) is 2. The lowest BCUT2D eigenvalue weighted by Gasteiger charge is -2.13. The fourth-order valence-corrected chi connectivity index (χ4v) is 2.21. The van der Waals surface area contributed by atoms with Crippen LogP contribution in [0.3, 0.4) is 0 Å². The first-order valence-electron chi connectivity index (χ1n) is 7.53. The molecule has 0 spiro atoms. The van der Waals surface area contributed by atoms with Crippen molar-refractivity contribution >= 4 is 22.4 Å². The third kappa shape index (κ3) is 3.53. The van der Waals surface area contributed by atoms with Gasteiger partial charge in [0.2, 0.25) is 5.88 Å². The summed E-state index contributed by atoms with van der Waals surface area (Å²) in [7, 11) is 1.66. The van der Waals surface area contributed by atoms with Gasteiger partial charge in [0.15, 0.2) is 0 Å². The molecule has 6 heteroatoms. The van der Waals surface area contributed by atoms with Crippen molar-refractivity contribution < 1.29 is 9.47 Å². The van der Waals surface area contributed by atoms with E-state index in [0.29, 0.717) is 24.2 Å². The molecule has 2 N–H and O–H groups in total. The van der Waals surface area contributed by atoms with Gasteiger partial charge in [0.1, 0.15) is 17.4 Å². The van der Waals surface area contributed by atoms with Crippen molar-refractivity contribution in [1.29, 1.82) is 0 Å². The zero-order valence-electron chi connectivity index (χ0n) is 13.5. The largest absolute Gasteiger partial charge is 0.497 e. The highest BCUT2D eigenvalue weighted by molar-refractivity contribution is 5.90. The van der Waals surface area contributed by atoms with Gasteiger partial charge in [0.05, 0.1) is 19.9 Å². The number of anilines is 2. The monoisotopic (exact) mass is 312 g/mol. The Morgan fingerprint density at radius 1 is 1.22 bits per heavy atom. The highest BCUT2D eigenvalue weighted by Crippen LogP contribution is 2.30. The summed E-state index contributed by atoms with van der Waals surface area (Å²) in [6, 6.07) is 9.65. The maximum atomic E-state index is 5.90. The van der Waals surface area contributed by atoms with Crippen molar-refractivity contribution in [3.63, 3.8) is 0 Å². The molecule has 2 aromatic heterocycles. The van der Waals surface area contributed by atoms with Gasteiger partial charge in [0, 0.05) is 11.5 Å². The minimum atomic E-state index is 0.425. The maximum Gasteiger partial charge on any atom is 0.223 e. The maximum absolute atomic E-state index is 5.90. The van der Waals surface area contributed by atoms with Gasteiger partial charge in [-0.15, -0.1) is 0 Å². The zero-order chi connectivity index (χ0) is 16.2. The van der Waals surface area contributed by atoms with Crippen LogP contribution < -0.4 is 14.8 Å². The number of fused-ring (bicyclic) bond motifs is 1. The topological polar surface area (TPSA) is 72.1 Å². The molecule has 0 radical (unpaired) electrons. The molecule has 0 aliphatic carbocycles. The molecule has 0 aliphatic heterocycles. The van der Waals surface area contributed by atoms with E-state index in [4.69, 9.17) is 9.47 Å². The number of aromatic nitrogens is 3. The number of ether oxygens (including phenoxy) is 2. The molecule has 3 rings (SSSR count).